The average Bonchev–Trinajstić information content (AvgIpc) is 2.73. The van der Waals surface area contributed by atoms with E-state index >= 15 is 0 Å². The van der Waals surface area contributed by atoms with E-state index in [1.165, 1.54) is 31.2 Å². The smallest absolute Gasteiger partial charge is 0.0521 e. The Morgan fingerprint density at radius 1 is 1.33 bits per heavy atom. The zero-order valence-electron chi connectivity index (χ0n) is 12.4. The minimum atomic E-state index is 0.679. The molecule has 18 heavy (non-hydrogen) atoms. The number of aromatic nitrogens is 2. The second-order valence-corrected chi connectivity index (χ2v) is 5.57. The summed E-state index contributed by atoms with van der Waals surface area (Å²) in [6.45, 7) is 8.00. The fourth-order valence-corrected chi connectivity index (χ4v) is 2.30. The maximum atomic E-state index is 4.20. The lowest BCUT2D eigenvalue weighted by Gasteiger charge is -2.22. The van der Waals surface area contributed by atoms with Crippen molar-refractivity contribution in [3.63, 3.8) is 0 Å². The quantitative estimate of drug-likeness (QED) is 0.683. The summed E-state index contributed by atoms with van der Waals surface area (Å²) in [5.41, 5.74) is 1.36. The highest BCUT2D eigenvalue weighted by Gasteiger charge is 2.11. The highest BCUT2D eigenvalue weighted by Crippen LogP contribution is 2.12. The van der Waals surface area contributed by atoms with Crippen molar-refractivity contribution in [1.82, 2.24) is 15.1 Å². The largest absolute Gasteiger partial charge is 0.314 e. The van der Waals surface area contributed by atoms with Crippen LogP contribution in [0.3, 0.4) is 0 Å². The molecule has 0 aliphatic carbocycles. The topological polar surface area (TPSA) is 29.9 Å². The summed E-state index contributed by atoms with van der Waals surface area (Å²) in [5, 5.41) is 7.86. The molecule has 3 heteroatoms. The second-order valence-electron chi connectivity index (χ2n) is 5.57. The molecule has 0 fully saturated rings. The van der Waals surface area contributed by atoms with Crippen LogP contribution >= 0.6 is 0 Å². The maximum absolute atomic E-state index is 4.20. The van der Waals surface area contributed by atoms with Crippen molar-refractivity contribution in [3.8, 4) is 0 Å². The fraction of sp³-hybridized carbons (Fsp3) is 0.800. The predicted octanol–water partition coefficient (Wildman–Crippen LogP) is 3.16. The summed E-state index contributed by atoms with van der Waals surface area (Å²) < 4.78 is 1.88. The van der Waals surface area contributed by atoms with E-state index in [4.69, 9.17) is 0 Å². The molecule has 0 aromatic carbocycles. The third-order valence-corrected chi connectivity index (χ3v) is 3.45. The molecule has 104 valence electrons. The molecule has 1 aromatic rings. The maximum Gasteiger partial charge on any atom is 0.0521 e. The molecule has 0 amide bonds. The number of rotatable bonds is 9. The number of nitrogens with one attached hydrogen (secondary N) is 1. The number of aryl methyl sites for hydroxylation is 2. The summed E-state index contributed by atoms with van der Waals surface area (Å²) in [4.78, 5) is 0. The first kappa shape index (κ1) is 15.2. The number of unbranched alkanes of at least 4 members (excludes halogenated alkanes) is 1. The Bertz CT molecular complexity index is 317. The van der Waals surface area contributed by atoms with Crippen LogP contribution in [0, 0.1) is 5.92 Å². The van der Waals surface area contributed by atoms with E-state index in [1.807, 2.05) is 17.9 Å². The zero-order chi connectivity index (χ0) is 13.4. The van der Waals surface area contributed by atoms with Crippen LogP contribution in [0.1, 0.15) is 52.0 Å². The van der Waals surface area contributed by atoms with E-state index in [0.717, 1.165) is 18.9 Å². The predicted molar refractivity (Wildman–Crippen MR) is 77.7 cm³/mol. The van der Waals surface area contributed by atoms with Crippen LogP contribution in [0.5, 0.6) is 0 Å². The van der Waals surface area contributed by atoms with Gasteiger partial charge >= 0.3 is 0 Å². The summed E-state index contributed by atoms with van der Waals surface area (Å²) in [5.74, 6) is 0.731. The van der Waals surface area contributed by atoms with Crippen LogP contribution in [0.15, 0.2) is 12.4 Å². The lowest BCUT2D eigenvalue weighted by atomic mass is 9.97. The van der Waals surface area contributed by atoms with Crippen LogP contribution in [-0.4, -0.2) is 22.4 Å². The summed E-state index contributed by atoms with van der Waals surface area (Å²) in [6.07, 6.45) is 10.3. The van der Waals surface area contributed by atoms with Gasteiger partial charge in [0.2, 0.25) is 0 Å². The van der Waals surface area contributed by atoms with Crippen molar-refractivity contribution >= 4 is 0 Å². The Morgan fingerprint density at radius 3 is 2.67 bits per heavy atom. The zero-order valence-corrected chi connectivity index (χ0v) is 12.4. The van der Waals surface area contributed by atoms with Crippen LogP contribution < -0.4 is 5.32 Å². The van der Waals surface area contributed by atoms with E-state index in [1.54, 1.807) is 0 Å². The van der Waals surface area contributed by atoms with E-state index in [2.05, 4.69) is 37.4 Å². The minimum Gasteiger partial charge on any atom is -0.314 e. The molecule has 0 bridgehead atoms. The molecule has 0 saturated carbocycles. The Balaban J connectivity index is 2.18. The molecule has 1 aromatic heterocycles. The highest BCUT2D eigenvalue weighted by molar-refractivity contribution is 5.03. The van der Waals surface area contributed by atoms with E-state index in [-0.39, 0.29) is 0 Å². The average molecular weight is 251 g/mol. The first-order chi connectivity index (χ1) is 8.63. The molecule has 0 spiro atoms. The van der Waals surface area contributed by atoms with Crippen molar-refractivity contribution < 1.29 is 0 Å². The minimum absolute atomic E-state index is 0.679. The van der Waals surface area contributed by atoms with Crippen LogP contribution in [-0.2, 0) is 13.5 Å². The monoisotopic (exact) mass is 251 g/mol. The summed E-state index contributed by atoms with van der Waals surface area (Å²) in [7, 11) is 1.98. The molecule has 1 N–H and O–H groups in total. The van der Waals surface area contributed by atoms with Gasteiger partial charge in [-0.05, 0) is 43.7 Å². The van der Waals surface area contributed by atoms with Crippen molar-refractivity contribution in [3.05, 3.63) is 18.0 Å². The Kier molecular flexibility index (Phi) is 7.02. The Labute approximate surface area is 112 Å². The van der Waals surface area contributed by atoms with Crippen molar-refractivity contribution in [2.75, 3.05) is 6.54 Å². The molecule has 1 rings (SSSR count). The first-order valence-corrected chi connectivity index (χ1v) is 7.34. The molecule has 0 radical (unpaired) electrons. The van der Waals surface area contributed by atoms with Crippen LogP contribution in [0.25, 0.3) is 0 Å². The third kappa shape index (κ3) is 5.67. The van der Waals surface area contributed by atoms with Crippen molar-refractivity contribution in [2.24, 2.45) is 13.0 Å². The summed E-state index contributed by atoms with van der Waals surface area (Å²) >= 11 is 0. The molecule has 1 atom stereocenters. The number of nitrogens with zero attached hydrogens (tertiary/aromatic N) is 2. The highest BCUT2D eigenvalue weighted by atomic mass is 15.2. The van der Waals surface area contributed by atoms with Crippen molar-refractivity contribution in [2.45, 2.75) is 58.9 Å². The third-order valence-electron chi connectivity index (χ3n) is 3.45. The molecule has 0 aliphatic rings. The summed E-state index contributed by atoms with van der Waals surface area (Å²) in [6, 6.07) is 0.679. The first-order valence-electron chi connectivity index (χ1n) is 7.34. The van der Waals surface area contributed by atoms with Gasteiger partial charge in [-0.15, -0.1) is 0 Å². The molecule has 0 saturated heterocycles. The van der Waals surface area contributed by atoms with Crippen LogP contribution in [0.4, 0.5) is 0 Å². The van der Waals surface area contributed by atoms with Gasteiger partial charge in [0.15, 0.2) is 0 Å². The molecule has 1 heterocycles. The van der Waals surface area contributed by atoms with E-state index in [9.17, 15) is 0 Å². The van der Waals surface area contributed by atoms with Crippen molar-refractivity contribution in [1.29, 1.82) is 0 Å². The van der Waals surface area contributed by atoms with Gasteiger partial charge in [0.05, 0.1) is 6.20 Å². The SMILES string of the molecule is CCCNC(CCCCc1cnn(C)c1)C(C)C. The number of hydrogen-bond donors (Lipinski definition) is 1. The molecular formula is C15H29N3. The fourth-order valence-electron chi connectivity index (χ4n) is 2.30. The van der Waals surface area contributed by atoms with Gasteiger partial charge in [-0.3, -0.25) is 4.68 Å². The lowest BCUT2D eigenvalue weighted by Crippen LogP contribution is -2.34. The Hall–Kier alpha value is -0.830. The van der Waals surface area contributed by atoms with Gasteiger partial charge in [0, 0.05) is 19.3 Å². The molecule has 3 nitrogen and oxygen atoms in total. The molecule has 0 aliphatic heterocycles. The van der Waals surface area contributed by atoms with Gasteiger partial charge < -0.3 is 5.32 Å². The van der Waals surface area contributed by atoms with Gasteiger partial charge in [-0.2, -0.15) is 5.10 Å². The second kappa shape index (κ2) is 8.30. The van der Waals surface area contributed by atoms with Crippen LogP contribution in [0.2, 0.25) is 0 Å². The lowest BCUT2D eigenvalue weighted by molar-refractivity contribution is 0.367. The van der Waals surface area contributed by atoms with E-state index in [0.29, 0.717) is 6.04 Å². The standard InChI is InChI=1S/C15H29N3/c1-5-10-16-15(13(2)3)9-7-6-8-14-11-17-18(4)12-14/h11-13,15-16H,5-10H2,1-4H3. The molecule has 1 unspecified atom stereocenters. The normalized spacial score (nSPS) is 13.2. The number of hydrogen-bond acceptors (Lipinski definition) is 2. The Morgan fingerprint density at radius 2 is 2.11 bits per heavy atom. The van der Waals surface area contributed by atoms with Gasteiger partial charge in [-0.1, -0.05) is 27.2 Å². The van der Waals surface area contributed by atoms with Gasteiger partial charge in [0.1, 0.15) is 0 Å². The molecular weight excluding hydrogens is 222 g/mol. The van der Waals surface area contributed by atoms with Gasteiger partial charge in [0.25, 0.3) is 0 Å². The van der Waals surface area contributed by atoms with E-state index < -0.39 is 0 Å². The van der Waals surface area contributed by atoms with Gasteiger partial charge in [-0.25, -0.2) is 0 Å².